The summed E-state index contributed by atoms with van der Waals surface area (Å²) in [5.74, 6) is -0.456. The van der Waals surface area contributed by atoms with Gasteiger partial charge in [0.2, 0.25) is 0 Å². The van der Waals surface area contributed by atoms with E-state index in [-0.39, 0.29) is 15.2 Å². The minimum Gasteiger partial charge on any atom is -0.404 e. The fraction of sp³-hybridized carbons (Fsp3) is 0.143. The Morgan fingerprint density at radius 3 is 2.43 bits per heavy atom. The SMILES string of the molecule is Nc1cc(Cl)cc(OC(F)(F)F)c1Br. The van der Waals surface area contributed by atoms with Gasteiger partial charge >= 0.3 is 6.36 Å². The quantitative estimate of drug-likeness (QED) is 0.802. The maximum Gasteiger partial charge on any atom is 0.573 e. The Hall–Kier alpha value is -0.620. The van der Waals surface area contributed by atoms with E-state index in [1.165, 1.54) is 6.07 Å². The molecule has 2 nitrogen and oxygen atoms in total. The molecule has 0 saturated heterocycles. The molecule has 0 heterocycles. The summed E-state index contributed by atoms with van der Waals surface area (Å²) in [7, 11) is 0. The Labute approximate surface area is 90.9 Å². The molecule has 0 saturated carbocycles. The molecule has 0 bridgehead atoms. The van der Waals surface area contributed by atoms with Crippen molar-refractivity contribution >= 4 is 33.2 Å². The minimum atomic E-state index is -4.76. The van der Waals surface area contributed by atoms with Crippen molar-refractivity contribution in [2.75, 3.05) is 5.73 Å². The van der Waals surface area contributed by atoms with Crippen molar-refractivity contribution in [3.63, 3.8) is 0 Å². The van der Waals surface area contributed by atoms with Gasteiger partial charge in [0.05, 0.1) is 10.2 Å². The van der Waals surface area contributed by atoms with Crippen molar-refractivity contribution in [2.45, 2.75) is 6.36 Å². The Morgan fingerprint density at radius 1 is 1.36 bits per heavy atom. The van der Waals surface area contributed by atoms with Gasteiger partial charge in [-0.15, -0.1) is 13.2 Å². The van der Waals surface area contributed by atoms with Gasteiger partial charge in [-0.2, -0.15) is 0 Å². The maximum absolute atomic E-state index is 11.9. The molecule has 0 aromatic heterocycles. The summed E-state index contributed by atoms with van der Waals surface area (Å²) in [5.41, 5.74) is 5.44. The summed E-state index contributed by atoms with van der Waals surface area (Å²) >= 11 is 8.36. The average Bonchev–Trinajstić information content (AvgIpc) is 1.96. The second-order valence-corrected chi connectivity index (χ2v) is 3.58. The van der Waals surface area contributed by atoms with Crippen molar-refractivity contribution in [1.29, 1.82) is 0 Å². The fourth-order valence-electron chi connectivity index (χ4n) is 0.783. The number of benzene rings is 1. The van der Waals surface area contributed by atoms with Gasteiger partial charge in [-0.1, -0.05) is 11.6 Å². The normalized spacial score (nSPS) is 11.5. The van der Waals surface area contributed by atoms with Crippen molar-refractivity contribution in [2.24, 2.45) is 0 Å². The number of anilines is 1. The summed E-state index contributed by atoms with van der Waals surface area (Å²) in [6.45, 7) is 0. The number of hydrogen-bond donors (Lipinski definition) is 1. The summed E-state index contributed by atoms with van der Waals surface area (Å²) in [4.78, 5) is 0. The van der Waals surface area contributed by atoms with E-state index in [1.807, 2.05) is 0 Å². The number of hydrogen-bond acceptors (Lipinski definition) is 2. The number of halogens is 5. The lowest BCUT2D eigenvalue weighted by Crippen LogP contribution is -2.17. The van der Waals surface area contributed by atoms with Crippen LogP contribution in [0.15, 0.2) is 16.6 Å². The highest BCUT2D eigenvalue weighted by atomic mass is 79.9. The maximum atomic E-state index is 11.9. The summed E-state index contributed by atoms with van der Waals surface area (Å²) in [6, 6.07) is 2.34. The summed E-state index contributed by atoms with van der Waals surface area (Å²) in [6.07, 6.45) is -4.76. The van der Waals surface area contributed by atoms with Gasteiger partial charge in [0.25, 0.3) is 0 Å². The van der Waals surface area contributed by atoms with E-state index in [0.717, 1.165) is 6.07 Å². The Balaban J connectivity index is 3.09. The van der Waals surface area contributed by atoms with Gasteiger partial charge in [-0.3, -0.25) is 0 Å². The molecule has 0 aliphatic carbocycles. The fourth-order valence-corrected chi connectivity index (χ4v) is 1.31. The van der Waals surface area contributed by atoms with E-state index in [9.17, 15) is 13.2 Å². The van der Waals surface area contributed by atoms with Crippen LogP contribution < -0.4 is 10.5 Å². The van der Waals surface area contributed by atoms with E-state index in [2.05, 4.69) is 20.7 Å². The van der Waals surface area contributed by atoms with E-state index in [0.29, 0.717) is 0 Å². The molecule has 14 heavy (non-hydrogen) atoms. The second-order valence-electron chi connectivity index (χ2n) is 2.35. The number of nitrogen functional groups attached to an aromatic ring is 1. The number of ether oxygens (including phenoxy) is 1. The lowest BCUT2D eigenvalue weighted by atomic mass is 10.3. The van der Waals surface area contributed by atoms with Crippen LogP contribution in [0.3, 0.4) is 0 Å². The monoisotopic (exact) mass is 289 g/mol. The van der Waals surface area contributed by atoms with Crippen LogP contribution in [0.4, 0.5) is 18.9 Å². The van der Waals surface area contributed by atoms with Gasteiger partial charge in [0.15, 0.2) is 0 Å². The average molecular weight is 290 g/mol. The van der Waals surface area contributed by atoms with Gasteiger partial charge in [-0.25, -0.2) is 0 Å². The molecular weight excluding hydrogens is 286 g/mol. The van der Waals surface area contributed by atoms with E-state index in [1.54, 1.807) is 0 Å². The lowest BCUT2D eigenvalue weighted by Gasteiger charge is -2.11. The Kier molecular flexibility index (Phi) is 3.16. The highest BCUT2D eigenvalue weighted by Gasteiger charge is 2.32. The third-order valence-electron chi connectivity index (χ3n) is 1.26. The second kappa shape index (κ2) is 3.86. The van der Waals surface area contributed by atoms with Crippen LogP contribution in [0.25, 0.3) is 0 Å². The molecule has 0 aliphatic rings. The van der Waals surface area contributed by atoms with Crippen molar-refractivity contribution in [1.82, 2.24) is 0 Å². The molecule has 0 atom stereocenters. The largest absolute Gasteiger partial charge is 0.573 e. The van der Waals surface area contributed by atoms with E-state index >= 15 is 0 Å². The van der Waals surface area contributed by atoms with Crippen LogP contribution in [-0.4, -0.2) is 6.36 Å². The molecule has 0 aliphatic heterocycles. The first-order valence-corrected chi connectivity index (χ1v) is 4.47. The number of rotatable bonds is 1. The summed E-state index contributed by atoms with van der Waals surface area (Å²) < 4.78 is 39.3. The Bertz CT molecular complexity index is 356. The van der Waals surface area contributed by atoms with Gasteiger partial charge in [-0.05, 0) is 22.0 Å². The highest BCUT2D eigenvalue weighted by molar-refractivity contribution is 9.10. The molecule has 0 radical (unpaired) electrons. The predicted octanol–water partition coefficient (Wildman–Crippen LogP) is 3.58. The van der Waals surface area contributed by atoms with Crippen LogP contribution in [0, 0.1) is 0 Å². The number of nitrogens with two attached hydrogens (primary N) is 1. The third-order valence-corrected chi connectivity index (χ3v) is 2.32. The van der Waals surface area contributed by atoms with Crippen molar-refractivity contribution in [3.05, 3.63) is 21.6 Å². The molecule has 0 unspecified atom stereocenters. The third kappa shape index (κ3) is 2.95. The molecule has 1 aromatic rings. The van der Waals surface area contributed by atoms with E-state index in [4.69, 9.17) is 17.3 Å². The van der Waals surface area contributed by atoms with Gasteiger partial charge in [0.1, 0.15) is 5.75 Å². The zero-order valence-electron chi connectivity index (χ0n) is 6.53. The standard InChI is InChI=1S/C7H4BrClF3NO/c8-6-4(13)1-3(9)2-5(6)14-7(10,11)12/h1-2H,13H2. The minimum absolute atomic E-state index is 0.0271. The number of alkyl halides is 3. The lowest BCUT2D eigenvalue weighted by molar-refractivity contribution is -0.274. The molecule has 0 amide bonds. The van der Waals surface area contributed by atoms with Crippen LogP contribution in [0.5, 0.6) is 5.75 Å². The molecule has 1 aromatic carbocycles. The first-order chi connectivity index (χ1) is 6.29. The van der Waals surface area contributed by atoms with Crippen LogP contribution in [-0.2, 0) is 0 Å². The smallest absolute Gasteiger partial charge is 0.404 e. The van der Waals surface area contributed by atoms with Gasteiger partial charge in [0, 0.05) is 11.1 Å². The molecule has 78 valence electrons. The topological polar surface area (TPSA) is 35.2 Å². The van der Waals surface area contributed by atoms with Crippen molar-refractivity contribution < 1.29 is 17.9 Å². The van der Waals surface area contributed by atoms with Crippen LogP contribution >= 0.6 is 27.5 Å². The first-order valence-electron chi connectivity index (χ1n) is 3.30. The molecule has 2 N–H and O–H groups in total. The zero-order chi connectivity index (χ0) is 10.9. The van der Waals surface area contributed by atoms with Gasteiger partial charge < -0.3 is 10.5 Å². The Morgan fingerprint density at radius 2 is 1.93 bits per heavy atom. The van der Waals surface area contributed by atoms with E-state index < -0.39 is 12.1 Å². The van der Waals surface area contributed by atoms with Crippen molar-refractivity contribution in [3.8, 4) is 5.75 Å². The molecule has 1 rings (SSSR count). The molecule has 7 heteroatoms. The zero-order valence-corrected chi connectivity index (χ0v) is 8.87. The van der Waals surface area contributed by atoms with Crippen LogP contribution in [0.1, 0.15) is 0 Å². The molecular formula is C7H4BrClF3NO. The molecule has 0 spiro atoms. The first kappa shape index (κ1) is 11.5. The highest BCUT2D eigenvalue weighted by Crippen LogP contribution is 2.36. The summed E-state index contributed by atoms with van der Waals surface area (Å²) in [5, 5.41) is 0.0740. The molecule has 0 fully saturated rings. The van der Waals surface area contributed by atoms with Crippen LogP contribution in [0.2, 0.25) is 5.02 Å². The predicted molar refractivity (Wildman–Crippen MR) is 50.2 cm³/mol.